The van der Waals surface area contributed by atoms with E-state index in [0.717, 1.165) is 5.56 Å². The molecule has 182 valence electrons. The zero-order valence-corrected chi connectivity index (χ0v) is 20.8. The zero-order valence-electron chi connectivity index (χ0n) is 19.2. The molecule has 0 radical (unpaired) electrons. The van der Waals surface area contributed by atoms with E-state index in [2.05, 4.69) is 20.3 Å². The third-order valence-corrected chi connectivity index (χ3v) is 6.43. The van der Waals surface area contributed by atoms with Crippen LogP contribution in [0.4, 0.5) is 4.39 Å². The number of methoxy groups -OCH3 is 2. The fourth-order valence-corrected chi connectivity index (χ4v) is 4.43. The second-order valence-corrected chi connectivity index (χ2v) is 8.87. The third kappa shape index (κ3) is 4.91. The summed E-state index contributed by atoms with van der Waals surface area (Å²) in [7, 11) is 3.15. The first kappa shape index (κ1) is 23.8. The Kier molecular flexibility index (Phi) is 6.88. The molecule has 8 nitrogen and oxygen atoms in total. The van der Waals surface area contributed by atoms with Gasteiger partial charge in [-0.05, 0) is 66.7 Å². The molecular formula is C25H19ClFN5O3S. The van der Waals surface area contributed by atoms with Gasteiger partial charge in [0.15, 0.2) is 11.0 Å². The van der Waals surface area contributed by atoms with Gasteiger partial charge in [-0.2, -0.15) is 4.98 Å². The highest BCUT2D eigenvalue weighted by Gasteiger charge is 2.19. The number of rotatable bonds is 8. The van der Waals surface area contributed by atoms with Crippen molar-refractivity contribution in [1.29, 1.82) is 0 Å². The highest BCUT2D eigenvalue weighted by atomic mass is 35.5. The van der Waals surface area contributed by atoms with Crippen molar-refractivity contribution in [3.63, 3.8) is 0 Å². The summed E-state index contributed by atoms with van der Waals surface area (Å²) in [5.74, 6) is 2.60. The lowest BCUT2D eigenvalue weighted by Gasteiger charge is -2.10. The quantitative estimate of drug-likeness (QED) is 0.226. The fraction of sp³-hybridized carbons (Fsp3) is 0.120. The minimum Gasteiger partial charge on any atom is -0.497 e. The summed E-state index contributed by atoms with van der Waals surface area (Å²) < 4.78 is 31.7. The molecule has 11 heteroatoms. The van der Waals surface area contributed by atoms with Crippen molar-refractivity contribution < 1.29 is 18.4 Å². The molecule has 0 saturated carbocycles. The van der Waals surface area contributed by atoms with Gasteiger partial charge in [0, 0.05) is 16.3 Å². The van der Waals surface area contributed by atoms with Crippen LogP contribution >= 0.6 is 23.4 Å². The van der Waals surface area contributed by atoms with Crippen molar-refractivity contribution in [3.8, 4) is 40.0 Å². The number of nitrogens with zero attached hydrogens (tertiary/aromatic N) is 5. The van der Waals surface area contributed by atoms with E-state index in [9.17, 15) is 4.39 Å². The first-order chi connectivity index (χ1) is 17.6. The number of halogens is 2. The molecular weight excluding hydrogens is 505 g/mol. The van der Waals surface area contributed by atoms with Crippen molar-refractivity contribution in [1.82, 2.24) is 24.9 Å². The van der Waals surface area contributed by atoms with Crippen LogP contribution in [0.25, 0.3) is 28.5 Å². The Bertz CT molecular complexity index is 1490. The van der Waals surface area contributed by atoms with Gasteiger partial charge in [-0.25, -0.2) is 4.39 Å². The summed E-state index contributed by atoms with van der Waals surface area (Å²) in [6, 6.07) is 18.7. The standard InChI is InChI=1S/C25H19ClFN5O3S/c1-33-19-11-12-21(34-2)20(13-19)23-28-22(35-31-23)14-36-25-30-29-24(15-3-5-16(26)6-4-15)32(25)18-9-7-17(27)8-10-18/h3-13H,14H2,1-2H3. The topological polar surface area (TPSA) is 88.1 Å². The maximum Gasteiger partial charge on any atom is 0.237 e. The first-order valence-electron chi connectivity index (χ1n) is 10.7. The lowest BCUT2D eigenvalue weighted by atomic mass is 10.2. The summed E-state index contributed by atoms with van der Waals surface area (Å²) in [5, 5.41) is 14.0. The van der Waals surface area contributed by atoms with E-state index >= 15 is 0 Å². The van der Waals surface area contributed by atoms with E-state index in [1.54, 1.807) is 56.7 Å². The van der Waals surface area contributed by atoms with E-state index < -0.39 is 0 Å². The van der Waals surface area contributed by atoms with E-state index in [1.807, 2.05) is 16.7 Å². The molecule has 3 aromatic carbocycles. The minimum atomic E-state index is -0.333. The highest BCUT2D eigenvalue weighted by Crippen LogP contribution is 2.33. The Morgan fingerprint density at radius 2 is 1.75 bits per heavy atom. The second-order valence-electron chi connectivity index (χ2n) is 7.49. The predicted molar refractivity (Wildman–Crippen MR) is 134 cm³/mol. The van der Waals surface area contributed by atoms with Crippen LogP contribution in [0.1, 0.15) is 5.89 Å². The predicted octanol–water partition coefficient (Wildman–Crippen LogP) is 6.09. The molecule has 0 fully saturated rings. The fourth-order valence-electron chi connectivity index (χ4n) is 3.51. The molecule has 5 aromatic rings. The largest absolute Gasteiger partial charge is 0.497 e. The van der Waals surface area contributed by atoms with Crippen molar-refractivity contribution in [3.05, 3.63) is 83.5 Å². The minimum absolute atomic E-state index is 0.333. The molecule has 5 rings (SSSR count). The Balaban J connectivity index is 1.44. The molecule has 0 bridgehead atoms. The molecule has 0 aliphatic heterocycles. The molecule has 2 heterocycles. The zero-order chi connectivity index (χ0) is 25.1. The first-order valence-corrected chi connectivity index (χ1v) is 12.1. The molecule has 36 heavy (non-hydrogen) atoms. The number of hydrogen-bond acceptors (Lipinski definition) is 8. The molecule has 0 unspecified atom stereocenters. The number of ether oxygens (including phenoxy) is 2. The van der Waals surface area contributed by atoms with Crippen LogP contribution in [-0.4, -0.2) is 39.1 Å². The highest BCUT2D eigenvalue weighted by molar-refractivity contribution is 7.98. The van der Waals surface area contributed by atoms with Gasteiger partial charge >= 0.3 is 0 Å². The molecule has 0 aliphatic carbocycles. The summed E-state index contributed by atoms with van der Waals surface area (Å²) in [6.45, 7) is 0. The van der Waals surface area contributed by atoms with E-state index in [-0.39, 0.29) is 5.82 Å². The lowest BCUT2D eigenvalue weighted by molar-refractivity contribution is 0.389. The monoisotopic (exact) mass is 523 g/mol. The van der Waals surface area contributed by atoms with Crippen LogP contribution in [0.3, 0.4) is 0 Å². The van der Waals surface area contributed by atoms with Gasteiger partial charge in [0.2, 0.25) is 11.7 Å². The number of hydrogen-bond donors (Lipinski definition) is 0. The molecule has 0 spiro atoms. The maximum absolute atomic E-state index is 13.6. The number of aromatic nitrogens is 5. The number of thioether (sulfide) groups is 1. The molecule has 0 atom stereocenters. The number of benzene rings is 3. The SMILES string of the molecule is COc1ccc(OC)c(-c2noc(CSc3nnc(-c4ccc(Cl)cc4)n3-c3ccc(F)cc3)n2)c1. The van der Waals surface area contributed by atoms with Gasteiger partial charge in [-0.15, -0.1) is 10.2 Å². The van der Waals surface area contributed by atoms with Crippen LogP contribution in [-0.2, 0) is 5.75 Å². The van der Waals surface area contributed by atoms with Gasteiger partial charge in [0.25, 0.3) is 0 Å². The van der Waals surface area contributed by atoms with Crippen molar-refractivity contribution in [2.75, 3.05) is 14.2 Å². The van der Waals surface area contributed by atoms with Gasteiger partial charge in [-0.3, -0.25) is 4.57 Å². The Hall–Kier alpha value is -3.89. The lowest BCUT2D eigenvalue weighted by Crippen LogP contribution is -2.00. The normalized spacial score (nSPS) is 11.0. The van der Waals surface area contributed by atoms with Crippen molar-refractivity contribution in [2.45, 2.75) is 10.9 Å². The smallest absolute Gasteiger partial charge is 0.237 e. The average molecular weight is 524 g/mol. The summed E-state index contributed by atoms with van der Waals surface area (Å²) in [5.41, 5.74) is 2.17. The summed E-state index contributed by atoms with van der Waals surface area (Å²) in [4.78, 5) is 4.51. The molecule has 2 aromatic heterocycles. The second kappa shape index (κ2) is 10.4. The Labute approximate surface area is 215 Å². The van der Waals surface area contributed by atoms with Crippen LogP contribution < -0.4 is 9.47 Å². The molecule has 0 N–H and O–H groups in total. The average Bonchev–Trinajstić information content (AvgIpc) is 3.55. The van der Waals surface area contributed by atoms with Crippen molar-refractivity contribution >= 4 is 23.4 Å². The van der Waals surface area contributed by atoms with Gasteiger partial charge in [0.05, 0.1) is 25.5 Å². The van der Waals surface area contributed by atoms with E-state index in [4.69, 9.17) is 25.6 Å². The Morgan fingerprint density at radius 3 is 2.47 bits per heavy atom. The van der Waals surface area contributed by atoms with Crippen molar-refractivity contribution in [2.24, 2.45) is 0 Å². The molecule has 0 saturated heterocycles. The third-order valence-electron chi connectivity index (χ3n) is 5.26. The van der Waals surface area contributed by atoms with Crippen LogP contribution in [0, 0.1) is 5.82 Å². The van der Waals surface area contributed by atoms with Crippen LogP contribution in [0.15, 0.2) is 76.4 Å². The Morgan fingerprint density at radius 1 is 0.972 bits per heavy atom. The maximum atomic E-state index is 13.6. The van der Waals surface area contributed by atoms with Crippen LogP contribution in [0.5, 0.6) is 11.5 Å². The van der Waals surface area contributed by atoms with E-state index in [0.29, 0.717) is 56.2 Å². The van der Waals surface area contributed by atoms with Gasteiger partial charge in [-0.1, -0.05) is 28.5 Å². The molecule has 0 amide bonds. The van der Waals surface area contributed by atoms with Gasteiger partial charge < -0.3 is 14.0 Å². The van der Waals surface area contributed by atoms with Crippen LogP contribution in [0.2, 0.25) is 5.02 Å². The molecule has 0 aliphatic rings. The van der Waals surface area contributed by atoms with E-state index in [1.165, 1.54) is 23.9 Å². The summed E-state index contributed by atoms with van der Waals surface area (Å²) in [6.07, 6.45) is 0. The summed E-state index contributed by atoms with van der Waals surface area (Å²) >= 11 is 7.41. The van der Waals surface area contributed by atoms with Gasteiger partial charge in [0.1, 0.15) is 17.3 Å².